The monoisotopic (exact) mass is 251 g/mol. The maximum absolute atomic E-state index is 11.8. The lowest BCUT2D eigenvalue weighted by atomic mass is 10.0. The van der Waals surface area contributed by atoms with E-state index in [0.717, 1.165) is 0 Å². The van der Waals surface area contributed by atoms with Crippen LogP contribution in [0.5, 0.6) is 0 Å². The number of hydrogen-bond acceptors (Lipinski definition) is 4. The Kier molecular flexibility index (Phi) is 4.76. The summed E-state index contributed by atoms with van der Waals surface area (Å²) in [5, 5.41) is 18.9. The molecule has 2 N–H and O–H groups in total. The van der Waals surface area contributed by atoms with E-state index in [9.17, 15) is 9.59 Å². The third-order valence-corrected chi connectivity index (χ3v) is 2.34. The third-order valence-electron chi connectivity index (χ3n) is 2.34. The van der Waals surface area contributed by atoms with Crippen molar-refractivity contribution < 1.29 is 14.7 Å². The average molecular weight is 251 g/mol. The van der Waals surface area contributed by atoms with Crippen molar-refractivity contribution in [2.24, 2.45) is 5.92 Å². The van der Waals surface area contributed by atoms with E-state index in [1.807, 2.05) is 13.8 Å². The number of nitrogens with zero attached hydrogens (tertiary/aromatic N) is 2. The van der Waals surface area contributed by atoms with Crippen molar-refractivity contribution in [3.05, 3.63) is 23.5 Å². The number of aromatic nitrogens is 2. The minimum Gasteiger partial charge on any atom is -0.480 e. The topological polar surface area (TPSA) is 92.2 Å². The number of carboxylic acids is 1. The molecule has 0 spiro atoms. The normalized spacial score (nSPS) is 12.2. The van der Waals surface area contributed by atoms with Crippen molar-refractivity contribution in [1.29, 1.82) is 0 Å². The highest BCUT2D eigenvalue weighted by Crippen LogP contribution is 2.06. The van der Waals surface area contributed by atoms with Crippen molar-refractivity contribution in [3.8, 4) is 0 Å². The van der Waals surface area contributed by atoms with E-state index >= 15 is 0 Å². The summed E-state index contributed by atoms with van der Waals surface area (Å²) >= 11 is 0. The molecule has 1 heterocycles. The Bertz CT molecular complexity index is 429. The second-order valence-corrected chi connectivity index (χ2v) is 4.55. The fourth-order valence-electron chi connectivity index (χ4n) is 1.45. The summed E-state index contributed by atoms with van der Waals surface area (Å²) in [6.07, 6.45) is 0.375. The van der Waals surface area contributed by atoms with Crippen LogP contribution in [0.1, 0.15) is 36.5 Å². The van der Waals surface area contributed by atoms with E-state index in [1.165, 1.54) is 6.07 Å². The van der Waals surface area contributed by atoms with E-state index in [4.69, 9.17) is 5.11 Å². The second kappa shape index (κ2) is 6.09. The standard InChI is InChI=1S/C12H17N3O3/c1-7(2)6-10(12(17)18)13-11(16)9-5-4-8(3)14-15-9/h4-5,7,10H,6H2,1-3H3,(H,13,16)(H,17,18)/t10-/m1/s1. The minimum atomic E-state index is -1.04. The summed E-state index contributed by atoms with van der Waals surface area (Å²) in [5.74, 6) is -1.39. The molecule has 0 saturated carbocycles. The highest BCUT2D eigenvalue weighted by Gasteiger charge is 2.22. The Hall–Kier alpha value is -1.98. The van der Waals surface area contributed by atoms with Crippen LogP contribution in [0.15, 0.2) is 12.1 Å². The summed E-state index contributed by atoms with van der Waals surface area (Å²) < 4.78 is 0. The number of amides is 1. The molecule has 0 unspecified atom stereocenters. The zero-order valence-corrected chi connectivity index (χ0v) is 10.7. The number of carboxylic acid groups (broad SMARTS) is 1. The molecule has 98 valence electrons. The molecule has 6 nitrogen and oxygen atoms in total. The molecule has 0 radical (unpaired) electrons. The molecule has 1 atom stereocenters. The van der Waals surface area contributed by atoms with Crippen molar-refractivity contribution in [3.63, 3.8) is 0 Å². The van der Waals surface area contributed by atoms with Crippen molar-refractivity contribution in [1.82, 2.24) is 15.5 Å². The molecule has 1 aromatic rings. The number of hydrogen-bond donors (Lipinski definition) is 2. The zero-order chi connectivity index (χ0) is 13.7. The van der Waals surface area contributed by atoms with Gasteiger partial charge in [0.15, 0.2) is 5.69 Å². The van der Waals surface area contributed by atoms with Crippen molar-refractivity contribution >= 4 is 11.9 Å². The fraction of sp³-hybridized carbons (Fsp3) is 0.500. The van der Waals surface area contributed by atoms with Crippen LogP contribution in [0.25, 0.3) is 0 Å². The molecule has 18 heavy (non-hydrogen) atoms. The maximum atomic E-state index is 11.8. The van der Waals surface area contributed by atoms with Crippen LogP contribution in [-0.4, -0.2) is 33.2 Å². The van der Waals surface area contributed by atoms with Gasteiger partial charge in [-0.05, 0) is 31.4 Å². The van der Waals surface area contributed by atoms with Crippen LogP contribution in [0.3, 0.4) is 0 Å². The second-order valence-electron chi connectivity index (χ2n) is 4.55. The molecule has 0 aliphatic carbocycles. The van der Waals surface area contributed by atoms with Crippen molar-refractivity contribution in [2.75, 3.05) is 0 Å². The Morgan fingerprint density at radius 1 is 1.33 bits per heavy atom. The van der Waals surface area contributed by atoms with Gasteiger partial charge in [-0.1, -0.05) is 13.8 Å². The van der Waals surface area contributed by atoms with Gasteiger partial charge in [0, 0.05) is 0 Å². The van der Waals surface area contributed by atoms with Gasteiger partial charge in [0.1, 0.15) is 6.04 Å². The first-order valence-corrected chi connectivity index (χ1v) is 5.74. The number of aryl methyl sites for hydroxylation is 1. The van der Waals surface area contributed by atoms with E-state index < -0.39 is 17.9 Å². The zero-order valence-electron chi connectivity index (χ0n) is 10.7. The molecule has 1 aromatic heterocycles. The van der Waals surface area contributed by atoms with Crippen molar-refractivity contribution in [2.45, 2.75) is 33.2 Å². The third kappa shape index (κ3) is 4.12. The van der Waals surface area contributed by atoms with Crippen LogP contribution in [0, 0.1) is 12.8 Å². The van der Waals surface area contributed by atoms with Gasteiger partial charge in [0.25, 0.3) is 5.91 Å². The molecular weight excluding hydrogens is 234 g/mol. The molecule has 0 aliphatic rings. The van der Waals surface area contributed by atoms with Gasteiger partial charge >= 0.3 is 5.97 Å². The Morgan fingerprint density at radius 2 is 2.00 bits per heavy atom. The number of carbonyl (C=O) groups is 2. The number of carbonyl (C=O) groups excluding carboxylic acids is 1. The van der Waals surface area contributed by atoms with E-state index in [0.29, 0.717) is 12.1 Å². The van der Waals surface area contributed by atoms with Gasteiger partial charge in [-0.3, -0.25) is 4.79 Å². The summed E-state index contributed by atoms with van der Waals surface area (Å²) in [6.45, 7) is 5.55. The highest BCUT2D eigenvalue weighted by atomic mass is 16.4. The number of nitrogens with one attached hydrogen (secondary N) is 1. The van der Waals surface area contributed by atoms with Gasteiger partial charge in [0.2, 0.25) is 0 Å². The number of rotatable bonds is 5. The van der Waals surface area contributed by atoms with Crippen LogP contribution < -0.4 is 5.32 Å². The predicted octanol–water partition coefficient (Wildman–Crippen LogP) is 1.01. The lowest BCUT2D eigenvalue weighted by Gasteiger charge is -2.15. The smallest absolute Gasteiger partial charge is 0.326 e. The Labute approximate surface area is 105 Å². The Morgan fingerprint density at radius 3 is 2.44 bits per heavy atom. The van der Waals surface area contributed by atoms with Gasteiger partial charge < -0.3 is 10.4 Å². The van der Waals surface area contributed by atoms with Crippen LogP contribution >= 0.6 is 0 Å². The lowest BCUT2D eigenvalue weighted by molar-refractivity contribution is -0.139. The summed E-state index contributed by atoms with van der Waals surface area (Å²) in [7, 11) is 0. The Balaban J connectivity index is 2.72. The van der Waals surface area contributed by atoms with Gasteiger partial charge in [-0.15, -0.1) is 5.10 Å². The maximum Gasteiger partial charge on any atom is 0.326 e. The molecule has 0 aromatic carbocycles. The minimum absolute atomic E-state index is 0.121. The fourth-order valence-corrected chi connectivity index (χ4v) is 1.45. The summed E-state index contributed by atoms with van der Waals surface area (Å²) in [6, 6.07) is 2.27. The van der Waals surface area contributed by atoms with E-state index in [1.54, 1.807) is 13.0 Å². The molecule has 6 heteroatoms. The van der Waals surface area contributed by atoms with Gasteiger partial charge in [0.05, 0.1) is 5.69 Å². The van der Waals surface area contributed by atoms with Crippen LogP contribution in [0.2, 0.25) is 0 Å². The predicted molar refractivity (Wildman–Crippen MR) is 65.1 cm³/mol. The van der Waals surface area contributed by atoms with Crippen LogP contribution in [-0.2, 0) is 4.79 Å². The van der Waals surface area contributed by atoms with Gasteiger partial charge in [-0.2, -0.15) is 5.10 Å². The first kappa shape index (κ1) is 14.1. The lowest BCUT2D eigenvalue weighted by Crippen LogP contribution is -2.42. The molecule has 0 bridgehead atoms. The molecule has 1 amide bonds. The first-order valence-electron chi connectivity index (χ1n) is 5.74. The highest BCUT2D eigenvalue weighted by molar-refractivity contribution is 5.94. The molecule has 1 rings (SSSR count). The molecule has 0 fully saturated rings. The SMILES string of the molecule is Cc1ccc(C(=O)N[C@H](CC(C)C)C(=O)O)nn1. The van der Waals surface area contributed by atoms with Crippen LogP contribution in [0.4, 0.5) is 0 Å². The molecule has 0 aliphatic heterocycles. The van der Waals surface area contributed by atoms with E-state index in [2.05, 4.69) is 15.5 Å². The van der Waals surface area contributed by atoms with E-state index in [-0.39, 0.29) is 11.6 Å². The largest absolute Gasteiger partial charge is 0.480 e. The average Bonchev–Trinajstić information content (AvgIpc) is 2.28. The summed E-state index contributed by atoms with van der Waals surface area (Å²) in [5.41, 5.74) is 0.819. The molecule has 0 saturated heterocycles. The molecular formula is C12H17N3O3. The number of aliphatic carboxylic acids is 1. The van der Waals surface area contributed by atoms with Gasteiger partial charge in [-0.25, -0.2) is 4.79 Å². The quantitative estimate of drug-likeness (QED) is 0.815. The first-order chi connectivity index (χ1) is 8.40. The summed E-state index contributed by atoms with van der Waals surface area (Å²) in [4.78, 5) is 22.8.